The molecule has 0 aliphatic rings. The largest absolute Gasteiger partial charge is 0.466 e. The lowest BCUT2D eigenvalue weighted by Gasteiger charge is -2.08. The average molecular weight is 174 g/mol. The Balaban J connectivity index is 3.54. The summed E-state index contributed by atoms with van der Waals surface area (Å²) in [7, 11) is -0.756. The maximum Gasteiger partial charge on any atom is 0.302 e. The van der Waals surface area contributed by atoms with Crippen LogP contribution in [0.25, 0.3) is 0 Å². The van der Waals surface area contributed by atoms with E-state index < -0.39 is 8.80 Å². The molecule has 0 aromatic rings. The van der Waals surface area contributed by atoms with Gasteiger partial charge in [0.15, 0.2) is 0 Å². The molecule has 0 spiro atoms. The SMILES string of the molecule is CCOC(=O)C[SiH](CC)CC. The lowest BCUT2D eigenvalue weighted by molar-refractivity contribution is -0.140. The molecule has 0 N–H and O–H groups in total. The van der Waals surface area contributed by atoms with Crippen LogP contribution in [0, 0.1) is 0 Å². The summed E-state index contributed by atoms with van der Waals surface area (Å²) in [5, 5.41) is 0. The molecule has 0 aromatic heterocycles. The fourth-order valence-corrected chi connectivity index (χ4v) is 2.78. The highest BCUT2D eigenvalue weighted by molar-refractivity contribution is 6.61. The number of hydrogen-bond donors (Lipinski definition) is 0. The Kier molecular flexibility index (Phi) is 6.22. The molecule has 0 amide bonds. The number of rotatable bonds is 5. The molecule has 3 heteroatoms. The zero-order chi connectivity index (χ0) is 8.69. The summed E-state index contributed by atoms with van der Waals surface area (Å²) in [5.41, 5.74) is 0. The van der Waals surface area contributed by atoms with E-state index in [0.29, 0.717) is 6.61 Å². The highest BCUT2D eigenvalue weighted by Crippen LogP contribution is 2.05. The lowest BCUT2D eigenvalue weighted by atomic mass is 10.8. The second-order valence-corrected chi connectivity index (χ2v) is 6.46. The van der Waals surface area contributed by atoms with E-state index in [0.717, 1.165) is 6.04 Å². The third-order valence-electron chi connectivity index (χ3n) is 1.92. The van der Waals surface area contributed by atoms with Gasteiger partial charge >= 0.3 is 5.97 Å². The van der Waals surface area contributed by atoms with Crippen molar-refractivity contribution < 1.29 is 9.53 Å². The van der Waals surface area contributed by atoms with E-state index in [1.54, 1.807) is 0 Å². The van der Waals surface area contributed by atoms with E-state index >= 15 is 0 Å². The second kappa shape index (κ2) is 6.40. The molecule has 0 fully saturated rings. The lowest BCUT2D eigenvalue weighted by Crippen LogP contribution is -2.16. The van der Waals surface area contributed by atoms with Gasteiger partial charge in [-0.2, -0.15) is 0 Å². The van der Waals surface area contributed by atoms with E-state index in [1.807, 2.05) is 6.92 Å². The first kappa shape index (κ1) is 10.7. The molecule has 0 radical (unpaired) electrons. The number of carbonyl (C=O) groups excluding carboxylic acids is 1. The van der Waals surface area contributed by atoms with Gasteiger partial charge in [0.25, 0.3) is 0 Å². The van der Waals surface area contributed by atoms with E-state index in [2.05, 4.69) is 13.8 Å². The molecule has 0 heterocycles. The van der Waals surface area contributed by atoms with Crippen LogP contribution in [0.1, 0.15) is 20.8 Å². The van der Waals surface area contributed by atoms with Crippen LogP contribution in [0.2, 0.25) is 18.1 Å². The number of carbonyl (C=O) groups is 1. The standard InChI is InChI=1S/C8H18O2Si/c1-4-10-8(9)7-11(5-2)6-3/h11H,4-7H2,1-3H3. The third kappa shape index (κ3) is 5.01. The summed E-state index contributed by atoms with van der Waals surface area (Å²) < 4.78 is 4.87. The van der Waals surface area contributed by atoms with Crippen LogP contribution >= 0.6 is 0 Å². The molecule has 11 heavy (non-hydrogen) atoms. The highest BCUT2D eigenvalue weighted by atomic mass is 28.3. The summed E-state index contributed by atoms with van der Waals surface area (Å²) in [6.45, 7) is 6.71. The van der Waals surface area contributed by atoms with Crippen LogP contribution in [0.3, 0.4) is 0 Å². The third-order valence-corrected chi connectivity index (χ3v) is 5.14. The Morgan fingerprint density at radius 1 is 1.27 bits per heavy atom. The zero-order valence-corrected chi connectivity index (χ0v) is 8.88. The monoisotopic (exact) mass is 174 g/mol. The molecular formula is C8H18O2Si. The molecule has 0 aliphatic carbocycles. The van der Waals surface area contributed by atoms with Crippen LogP contribution in [-0.2, 0) is 9.53 Å². The fourth-order valence-electron chi connectivity index (χ4n) is 1.03. The molecule has 0 unspecified atom stereocenters. The maximum absolute atomic E-state index is 11.0. The average Bonchev–Trinajstić information content (AvgIpc) is 2.01. The number of esters is 1. The summed E-state index contributed by atoms with van der Waals surface area (Å²) in [6.07, 6.45) is 0. The minimum absolute atomic E-state index is 0.00728. The molecule has 0 aliphatic heterocycles. The number of ether oxygens (including phenoxy) is 1. The predicted octanol–water partition coefficient (Wildman–Crippen LogP) is 1.82. The van der Waals surface area contributed by atoms with Crippen LogP contribution < -0.4 is 0 Å². The molecule has 0 bridgehead atoms. The summed E-state index contributed by atoms with van der Waals surface area (Å²) >= 11 is 0. The molecule has 0 aromatic carbocycles. The van der Waals surface area contributed by atoms with Crippen LogP contribution in [0.5, 0.6) is 0 Å². The Labute approximate surface area is 70.5 Å². The Bertz CT molecular complexity index is 111. The first-order chi connectivity index (χ1) is 5.24. The Hall–Kier alpha value is -0.313. The minimum Gasteiger partial charge on any atom is -0.466 e. The van der Waals surface area contributed by atoms with Gasteiger partial charge < -0.3 is 4.74 Å². The Morgan fingerprint density at radius 3 is 2.18 bits per heavy atom. The van der Waals surface area contributed by atoms with Crippen molar-refractivity contribution in [3.05, 3.63) is 0 Å². The first-order valence-corrected chi connectivity index (χ1v) is 6.85. The van der Waals surface area contributed by atoms with E-state index in [9.17, 15) is 4.79 Å². The molecule has 0 rings (SSSR count). The predicted molar refractivity (Wildman–Crippen MR) is 49.6 cm³/mol. The van der Waals surface area contributed by atoms with Gasteiger partial charge in [-0.25, -0.2) is 0 Å². The van der Waals surface area contributed by atoms with Gasteiger partial charge in [0.2, 0.25) is 0 Å². The van der Waals surface area contributed by atoms with Crippen molar-refractivity contribution in [1.29, 1.82) is 0 Å². The van der Waals surface area contributed by atoms with Crippen LogP contribution in [-0.4, -0.2) is 21.4 Å². The maximum atomic E-state index is 11.0. The molecule has 0 atom stereocenters. The van der Waals surface area contributed by atoms with Gasteiger partial charge in [0.1, 0.15) is 0 Å². The zero-order valence-electron chi connectivity index (χ0n) is 7.72. The molecule has 0 saturated carbocycles. The fraction of sp³-hybridized carbons (Fsp3) is 0.875. The van der Waals surface area contributed by atoms with Gasteiger partial charge in [-0.15, -0.1) is 0 Å². The van der Waals surface area contributed by atoms with Crippen molar-refractivity contribution in [1.82, 2.24) is 0 Å². The van der Waals surface area contributed by atoms with Crippen molar-refractivity contribution in [3.8, 4) is 0 Å². The van der Waals surface area contributed by atoms with Crippen molar-refractivity contribution in [2.75, 3.05) is 6.61 Å². The molecular weight excluding hydrogens is 156 g/mol. The molecule has 2 nitrogen and oxygen atoms in total. The minimum atomic E-state index is -0.756. The van der Waals surface area contributed by atoms with E-state index in [-0.39, 0.29) is 5.97 Å². The van der Waals surface area contributed by atoms with Crippen molar-refractivity contribution in [3.63, 3.8) is 0 Å². The van der Waals surface area contributed by atoms with Gasteiger partial charge in [0, 0.05) is 14.8 Å². The van der Waals surface area contributed by atoms with Crippen molar-refractivity contribution in [2.24, 2.45) is 0 Å². The first-order valence-electron chi connectivity index (χ1n) is 4.40. The summed E-state index contributed by atoms with van der Waals surface area (Å²) in [6, 6.07) is 3.13. The van der Waals surface area contributed by atoms with Crippen molar-refractivity contribution in [2.45, 2.75) is 38.9 Å². The van der Waals surface area contributed by atoms with Gasteiger partial charge in [-0.3, -0.25) is 4.79 Å². The van der Waals surface area contributed by atoms with E-state index in [1.165, 1.54) is 12.1 Å². The topological polar surface area (TPSA) is 26.3 Å². The van der Waals surface area contributed by atoms with Gasteiger partial charge in [-0.05, 0) is 6.92 Å². The summed E-state index contributed by atoms with van der Waals surface area (Å²) in [5.74, 6) is 0.00728. The van der Waals surface area contributed by atoms with E-state index in [4.69, 9.17) is 4.74 Å². The van der Waals surface area contributed by atoms with Crippen molar-refractivity contribution >= 4 is 14.8 Å². The normalized spacial score (nSPS) is 10.2. The van der Waals surface area contributed by atoms with Gasteiger partial charge in [-0.1, -0.05) is 25.9 Å². The quantitative estimate of drug-likeness (QED) is 0.469. The summed E-state index contributed by atoms with van der Waals surface area (Å²) in [4.78, 5) is 11.0. The second-order valence-electron chi connectivity index (χ2n) is 2.69. The van der Waals surface area contributed by atoms with Gasteiger partial charge in [0.05, 0.1) is 6.61 Å². The van der Waals surface area contributed by atoms with Crippen LogP contribution in [0.4, 0.5) is 0 Å². The molecule has 66 valence electrons. The Morgan fingerprint density at radius 2 is 1.82 bits per heavy atom. The molecule has 0 saturated heterocycles. The van der Waals surface area contributed by atoms with Crippen LogP contribution in [0.15, 0.2) is 0 Å². The number of hydrogen-bond acceptors (Lipinski definition) is 2. The highest BCUT2D eigenvalue weighted by Gasteiger charge is 2.11. The smallest absolute Gasteiger partial charge is 0.302 e.